The van der Waals surface area contributed by atoms with Crippen LogP contribution in [0.4, 0.5) is 0 Å². The molecule has 1 heterocycles. The van der Waals surface area contributed by atoms with E-state index in [9.17, 15) is 4.79 Å². The first-order valence-electron chi connectivity index (χ1n) is 4.95. The topological polar surface area (TPSA) is 59.7 Å². The van der Waals surface area contributed by atoms with Crippen LogP contribution in [0, 0.1) is 5.41 Å². The summed E-state index contributed by atoms with van der Waals surface area (Å²) in [5.74, 6) is 0.0269. The SMILES string of the molecule is COCc1ccoc1CC1(C(=O)O)CC1. The highest BCUT2D eigenvalue weighted by Gasteiger charge is 2.51. The zero-order chi connectivity index (χ0) is 10.9. The van der Waals surface area contributed by atoms with E-state index in [2.05, 4.69) is 0 Å². The van der Waals surface area contributed by atoms with E-state index in [1.165, 1.54) is 0 Å². The molecule has 0 amide bonds. The quantitative estimate of drug-likeness (QED) is 0.805. The van der Waals surface area contributed by atoms with Crippen molar-refractivity contribution in [1.82, 2.24) is 0 Å². The van der Waals surface area contributed by atoms with E-state index in [1.807, 2.05) is 6.07 Å². The van der Waals surface area contributed by atoms with Crippen molar-refractivity contribution in [2.24, 2.45) is 5.41 Å². The van der Waals surface area contributed by atoms with E-state index in [4.69, 9.17) is 14.3 Å². The largest absolute Gasteiger partial charge is 0.481 e. The van der Waals surface area contributed by atoms with E-state index in [-0.39, 0.29) is 0 Å². The number of furan rings is 1. The van der Waals surface area contributed by atoms with Crippen LogP contribution in [0.3, 0.4) is 0 Å². The lowest BCUT2D eigenvalue weighted by molar-refractivity contribution is -0.143. The molecule has 0 radical (unpaired) electrons. The number of carbonyl (C=O) groups is 1. The molecule has 0 bridgehead atoms. The summed E-state index contributed by atoms with van der Waals surface area (Å²) in [5.41, 5.74) is 0.380. The summed E-state index contributed by atoms with van der Waals surface area (Å²) in [7, 11) is 1.61. The molecular weight excluding hydrogens is 196 g/mol. The van der Waals surface area contributed by atoms with E-state index in [1.54, 1.807) is 13.4 Å². The summed E-state index contributed by atoms with van der Waals surface area (Å²) >= 11 is 0. The van der Waals surface area contributed by atoms with Crippen molar-refractivity contribution in [3.05, 3.63) is 23.7 Å². The summed E-state index contributed by atoms with van der Waals surface area (Å²) in [6, 6.07) is 1.83. The van der Waals surface area contributed by atoms with Gasteiger partial charge in [-0.3, -0.25) is 4.79 Å². The van der Waals surface area contributed by atoms with Crippen molar-refractivity contribution < 1.29 is 19.1 Å². The number of carboxylic acids is 1. The molecule has 1 fully saturated rings. The molecule has 1 aromatic heterocycles. The van der Waals surface area contributed by atoms with Gasteiger partial charge >= 0.3 is 5.97 Å². The number of aliphatic carboxylic acids is 1. The standard InChI is InChI=1S/C11H14O4/c1-14-7-8-2-5-15-9(8)6-11(3-4-11)10(12)13/h2,5H,3-4,6-7H2,1H3,(H,12,13). The van der Waals surface area contributed by atoms with Crippen molar-refractivity contribution in [2.45, 2.75) is 25.9 Å². The lowest BCUT2D eigenvalue weighted by atomic mass is 9.99. The molecule has 4 nitrogen and oxygen atoms in total. The van der Waals surface area contributed by atoms with E-state index in [0.29, 0.717) is 13.0 Å². The molecule has 0 saturated heterocycles. The summed E-state index contributed by atoms with van der Waals surface area (Å²) in [6.45, 7) is 0.474. The van der Waals surface area contributed by atoms with Gasteiger partial charge in [-0.25, -0.2) is 0 Å². The average molecular weight is 210 g/mol. The number of rotatable bonds is 5. The van der Waals surface area contributed by atoms with E-state index >= 15 is 0 Å². The molecule has 1 N–H and O–H groups in total. The number of hydrogen-bond acceptors (Lipinski definition) is 3. The Kier molecular flexibility index (Phi) is 2.52. The Hall–Kier alpha value is -1.29. The molecule has 1 aliphatic carbocycles. The van der Waals surface area contributed by atoms with Crippen molar-refractivity contribution >= 4 is 5.97 Å². The maximum absolute atomic E-state index is 11.0. The maximum atomic E-state index is 11.0. The molecule has 0 aromatic carbocycles. The smallest absolute Gasteiger partial charge is 0.310 e. The van der Waals surface area contributed by atoms with Crippen LogP contribution in [0.15, 0.2) is 16.7 Å². The molecule has 1 saturated carbocycles. The lowest BCUT2D eigenvalue weighted by Crippen LogP contribution is -2.17. The van der Waals surface area contributed by atoms with Gasteiger partial charge in [0, 0.05) is 19.1 Å². The molecule has 2 rings (SSSR count). The third-order valence-electron chi connectivity index (χ3n) is 2.94. The van der Waals surface area contributed by atoms with Crippen LogP contribution >= 0.6 is 0 Å². The highest BCUT2D eigenvalue weighted by molar-refractivity contribution is 5.78. The van der Waals surface area contributed by atoms with Crippen LogP contribution in [0.1, 0.15) is 24.2 Å². The van der Waals surface area contributed by atoms with E-state index in [0.717, 1.165) is 24.2 Å². The fourth-order valence-corrected chi connectivity index (χ4v) is 1.73. The van der Waals surface area contributed by atoms with Gasteiger partial charge in [-0.15, -0.1) is 0 Å². The summed E-state index contributed by atoms with van der Waals surface area (Å²) in [6.07, 6.45) is 3.56. The van der Waals surface area contributed by atoms with Gasteiger partial charge < -0.3 is 14.3 Å². The zero-order valence-electron chi connectivity index (χ0n) is 8.66. The Morgan fingerprint density at radius 1 is 1.67 bits per heavy atom. The molecule has 0 atom stereocenters. The first kappa shape index (κ1) is 10.2. The van der Waals surface area contributed by atoms with E-state index < -0.39 is 11.4 Å². The van der Waals surface area contributed by atoms with Crippen LogP contribution in [0.5, 0.6) is 0 Å². The lowest BCUT2D eigenvalue weighted by Gasteiger charge is -2.08. The van der Waals surface area contributed by atoms with Gasteiger partial charge in [0.2, 0.25) is 0 Å². The normalized spacial score (nSPS) is 17.7. The first-order valence-corrected chi connectivity index (χ1v) is 4.95. The number of carboxylic acid groups (broad SMARTS) is 1. The van der Waals surface area contributed by atoms with Gasteiger partial charge in [0.1, 0.15) is 5.76 Å². The van der Waals surface area contributed by atoms with Crippen LogP contribution in [0.25, 0.3) is 0 Å². The number of ether oxygens (including phenoxy) is 1. The highest BCUT2D eigenvalue weighted by atomic mass is 16.5. The Bertz CT molecular complexity index is 362. The Labute approximate surface area is 87.8 Å². The summed E-state index contributed by atoms with van der Waals surface area (Å²) < 4.78 is 10.3. The minimum absolute atomic E-state index is 0.474. The Morgan fingerprint density at radius 2 is 2.40 bits per heavy atom. The third kappa shape index (κ3) is 1.90. The van der Waals surface area contributed by atoms with Gasteiger partial charge in [0.25, 0.3) is 0 Å². The van der Waals surface area contributed by atoms with Crippen LogP contribution in [-0.4, -0.2) is 18.2 Å². The van der Waals surface area contributed by atoms with Crippen molar-refractivity contribution in [2.75, 3.05) is 7.11 Å². The molecule has 0 unspecified atom stereocenters. The molecule has 0 spiro atoms. The third-order valence-corrected chi connectivity index (χ3v) is 2.94. The Balaban J connectivity index is 2.10. The van der Waals surface area contributed by atoms with Crippen molar-refractivity contribution in [1.29, 1.82) is 0 Å². The molecule has 82 valence electrons. The predicted octanol–water partition coefficient (Wildman–Crippen LogP) is 1.83. The van der Waals surface area contributed by atoms with Gasteiger partial charge in [-0.05, 0) is 18.9 Å². The summed E-state index contributed by atoms with van der Waals surface area (Å²) in [4.78, 5) is 11.0. The predicted molar refractivity (Wildman–Crippen MR) is 52.4 cm³/mol. The van der Waals surface area contributed by atoms with Crippen LogP contribution in [0.2, 0.25) is 0 Å². The molecule has 0 aliphatic heterocycles. The maximum Gasteiger partial charge on any atom is 0.310 e. The van der Waals surface area contributed by atoms with Crippen LogP contribution < -0.4 is 0 Å². The molecule has 4 heteroatoms. The minimum Gasteiger partial charge on any atom is -0.481 e. The second-order valence-electron chi connectivity index (χ2n) is 4.06. The molecule has 1 aromatic rings. The molecule has 15 heavy (non-hydrogen) atoms. The first-order chi connectivity index (χ1) is 7.18. The fourth-order valence-electron chi connectivity index (χ4n) is 1.73. The number of hydrogen-bond donors (Lipinski definition) is 1. The highest BCUT2D eigenvalue weighted by Crippen LogP contribution is 2.49. The van der Waals surface area contributed by atoms with Crippen LogP contribution in [-0.2, 0) is 22.6 Å². The second kappa shape index (κ2) is 3.70. The van der Waals surface area contributed by atoms with Gasteiger partial charge in [-0.1, -0.05) is 0 Å². The van der Waals surface area contributed by atoms with Gasteiger partial charge in [0.15, 0.2) is 0 Å². The molecular formula is C11H14O4. The average Bonchev–Trinajstić information content (AvgIpc) is 2.85. The van der Waals surface area contributed by atoms with Crippen molar-refractivity contribution in [3.63, 3.8) is 0 Å². The fraction of sp³-hybridized carbons (Fsp3) is 0.545. The summed E-state index contributed by atoms with van der Waals surface area (Å²) in [5, 5.41) is 9.05. The number of methoxy groups -OCH3 is 1. The minimum atomic E-state index is -0.720. The van der Waals surface area contributed by atoms with Gasteiger partial charge in [0.05, 0.1) is 18.3 Å². The van der Waals surface area contributed by atoms with Crippen molar-refractivity contribution in [3.8, 4) is 0 Å². The molecule has 1 aliphatic rings. The second-order valence-corrected chi connectivity index (χ2v) is 4.06. The van der Waals surface area contributed by atoms with Gasteiger partial charge in [-0.2, -0.15) is 0 Å². The monoisotopic (exact) mass is 210 g/mol. The Morgan fingerprint density at radius 3 is 2.93 bits per heavy atom. The zero-order valence-corrected chi connectivity index (χ0v) is 8.66.